The molecule has 0 aliphatic carbocycles. The van der Waals surface area contributed by atoms with Gasteiger partial charge in [-0.1, -0.05) is 12.1 Å². The summed E-state index contributed by atoms with van der Waals surface area (Å²) in [6.07, 6.45) is 0. The Bertz CT molecular complexity index is 1040. The normalized spacial score (nSPS) is 10.7. The summed E-state index contributed by atoms with van der Waals surface area (Å²) in [6.45, 7) is 0. The monoisotopic (exact) mass is 336 g/mol. The first-order valence-electron chi connectivity index (χ1n) is 7.54. The third kappa shape index (κ3) is 2.43. The van der Waals surface area contributed by atoms with Gasteiger partial charge < -0.3 is 23.2 Å². The van der Waals surface area contributed by atoms with Gasteiger partial charge in [0.1, 0.15) is 12.8 Å². The van der Waals surface area contributed by atoms with E-state index >= 15 is 0 Å². The molecule has 24 heavy (non-hydrogen) atoms. The Morgan fingerprint density at radius 2 is 1.54 bits per heavy atom. The standard InChI is InChI=1S/C20H16N2O.ClH/c1-22-19-5-3-2-4-17(19)16-11-10-15(23)12-18(16)20(22)13-6-8-14(21)9-7-13;/h2-12,21,23H,1H3;1H. The molecule has 0 amide bonds. The SMILES string of the molecule is C[n+]1c(-c2ccc(N)cc2)c2cc(O)ccc2c2ccccc21.[Cl-]. The zero-order chi connectivity index (χ0) is 16.0. The minimum absolute atomic E-state index is 0. The van der Waals surface area contributed by atoms with Crippen LogP contribution in [0.4, 0.5) is 5.69 Å². The molecule has 0 saturated carbocycles. The van der Waals surface area contributed by atoms with Crippen LogP contribution in [0.2, 0.25) is 0 Å². The third-order valence-corrected chi connectivity index (χ3v) is 4.33. The Kier molecular flexibility index (Phi) is 4.04. The van der Waals surface area contributed by atoms with E-state index in [1.807, 2.05) is 48.5 Å². The van der Waals surface area contributed by atoms with E-state index in [-0.39, 0.29) is 18.2 Å². The fourth-order valence-corrected chi connectivity index (χ4v) is 3.25. The molecular formula is C20H17ClN2O. The van der Waals surface area contributed by atoms with E-state index in [9.17, 15) is 5.11 Å². The first-order valence-corrected chi connectivity index (χ1v) is 7.54. The molecule has 1 aromatic heterocycles. The van der Waals surface area contributed by atoms with Crippen molar-refractivity contribution in [2.75, 3.05) is 5.73 Å². The van der Waals surface area contributed by atoms with Crippen LogP contribution in [0.3, 0.4) is 0 Å². The number of rotatable bonds is 1. The van der Waals surface area contributed by atoms with E-state index < -0.39 is 0 Å². The van der Waals surface area contributed by atoms with Crippen molar-refractivity contribution in [3.8, 4) is 17.0 Å². The van der Waals surface area contributed by atoms with E-state index in [0.29, 0.717) is 0 Å². The predicted molar refractivity (Wildman–Crippen MR) is 94.1 cm³/mol. The van der Waals surface area contributed by atoms with Crippen LogP contribution in [0.1, 0.15) is 0 Å². The highest BCUT2D eigenvalue weighted by Crippen LogP contribution is 2.33. The second-order valence-corrected chi connectivity index (χ2v) is 5.78. The van der Waals surface area contributed by atoms with E-state index in [0.717, 1.165) is 33.2 Å². The van der Waals surface area contributed by atoms with Crippen molar-refractivity contribution in [3.63, 3.8) is 0 Å². The Hall–Kier alpha value is -2.78. The lowest BCUT2D eigenvalue weighted by molar-refractivity contribution is -0.632. The molecule has 3 aromatic carbocycles. The van der Waals surface area contributed by atoms with Crippen molar-refractivity contribution >= 4 is 27.4 Å². The maximum Gasteiger partial charge on any atom is 0.220 e. The summed E-state index contributed by atoms with van der Waals surface area (Å²) in [7, 11) is 2.05. The number of phenolic OH excluding ortho intramolecular Hbond substituents is 1. The Morgan fingerprint density at radius 3 is 2.29 bits per heavy atom. The largest absolute Gasteiger partial charge is 1.00 e. The quantitative estimate of drug-likeness (QED) is 0.306. The van der Waals surface area contributed by atoms with Crippen LogP contribution in [-0.2, 0) is 7.05 Å². The number of aryl methyl sites for hydroxylation is 1. The molecule has 0 unspecified atom stereocenters. The number of pyridine rings is 1. The number of fused-ring (bicyclic) bond motifs is 3. The Balaban J connectivity index is 0.00000169. The highest BCUT2D eigenvalue weighted by Gasteiger charge is 2.20. The average Bonchev–Trinajstić information content (AvgIpc) is 2.56. The van der Waals surface area contributed by atoms with Crippen molar-refractivity contribution in [3.05, 3.63) is 66.7 Å². The molecule has 4 aromatic rings. The number of para-hydroxylation sites is 1. The van der Waals surface area contributed by atoms with Gasteiger partial charge in [-0.3, -0.25) is 0 Å². The fraction of sp³-hybridized carbons (Fsp3) is 0.0500. The van der Waals surface area contributed by atoms with Crippen LogP contribution in [0.5, 0.6) is 5.75 Å². The number of halogens is 1. The number of anilines is 1. The highest BCUT2D eigenvalue weighted by atomic mass is 35.5. The number of phenols is 1. The van der Waals surface area contributed by atoms with Gasteiger partial charge in [0.2, 0.25) is 11.2 Å². The molecule has 0 aliphatic rings. The fourth-order valence-electron chi connectivity index (χ4n) is 3.25. The van der Waals surface area contributed by atoms with E-state index in [2.05, 4.69) is 23.7 Å². The molecule has 4 heteroatoms. The minimum atomic E-state index is 0. The number of nitrogen functional groups attached to an aromatic ring is 1. The Morgan fingerprint density at radius 1 is 0.833 bits per heavy atom. The zero-order valence-electron chi connectivity index (χ0n) is 13.2. The van der Waals surface area contributed by atoms with Crippen molar-refractivity contribution in [2.24, 2.45) is 7.05 Å². The van der Waals surface area contributed by atoms with Gasteiger partial charge in [0.25, 0.3) is 0 Å². The Labute approximate surface area is 146 Å². The smallest absolute Gasteiger partial charge is 0.220 e. The van der Waals surface area contributed by atoms with Gasteiger partial charge in [-0.05, 0) is 48.5 Å². The summed E-state index contributed by atoms with van der Waals surface area (Å²) in [4.78, 5) is 0. The van der Waals surface area contributed by atoms with Crippen LogP contribution in [0, 0.1) is 0 Å². The molecule has 4 rings (SSSR count). The lowest BCUT2D eigenvalue weighted by Gasteiger charge is -2.10. The predicted octanol–water partition coefficient (Wildman–Crippen LogP) is 0.776. The van der Waals surface area contributed by atoms with Gasteiger partial charge in [-0.2, -0.15) is 4.57 Å². The van der Waals surface area contributed by atoms with Gasteiger partial charge in [-0.15, -0.1) is 0 Å². The molecular weight excluding hydrogens is 320 g/mol. The molecule has 0 fully saturated rings. The summed E-state index contributed by atoms with van der Waals surface area (Å²) >= 11 is 0. The third-order valence-electron chi connectivity index (χ3n) is 4.33. The number of nitrogens with two attached hydrogens (primary N) is 1. The number of aromatic hydroxyl groups is 1. The molecule has 0 aliphatic heterocycles. The molecule has 3 nitrogen and oxygen atoms in total. The number of aromatic nitrogens is 1. The molecule has 3 N–H and O–H groups in total. The number of benzene rings is 3. The van der Waals surface area contributed by atoms with Crippen molar-refractivity contribution in [2.45, 2.75) is 0 Å². The van der Waals surface area contributed by atoms with Crippen LogP contribution in [0.15, 0.2) is 66.7 Å². The maximum atomic E-state index is 9.98. The molecule has 0 spiro atoms. The molecule has 120 valence electrons. The van der Waals surface area contributed by atoms with Crippen LogP contribution < -0.4 is 22.7 Å². The first kappa shape index (κ1) is 16.1. The zero-order valence-corrected chi connectivity index (χ0v) is 14.0. The topological polar surface area (TPSA) is 50.1 Å². The summed E-state index contributed by atoms with van der Waals surface area (Å²) in [5, 5.41) is 13.3. The number of nitrogens with zero attached hydrogens (tertiary/aromatic N) is 1. The second kappa shape index (κ2) is 6.02. The van der Waals surface area contributed by atoms with Gasteiger partial charge in [-0.25, -0.2) is 0 Å². The summed E-state index contributed by atoms with van der Waals surface area (Å²) in [5.41, 5.74) is 9.85. The van der Waals surface area contributed by atoms with Crippen molar-refractivity contribution in [1.82, 2.24) is 0 Å². The van der Waals surface area contributed by atoms with E-state index in [1.165, 1.54) is 5.39 Å². The lowest BCUT2D eigenvalue weighted by atomic mass is 9.99. The van der Waals surface area contributed by atoms with Gasteiger partial charge in [0.15, 0.2) is 0 Å². The number of hydrogen-bond donors (Lipinski definition) is 2. The van der Waals surface area contributed by atoms with Crippen LogP contribution >= 0.6 is 0 Å². The maximum absolute atomic E-state index is 9.98. The molecule has 0 saturated heterocycles. The summed E-state index contributed by atoms with van der Waals surface area (Å²) in [5.74, 6) is 0.268. The number of hydrogen-bond acceptors (Lipinski definition) is 2. The highest BCUT2D eigenvalue weighted by molar-refractivity contribution is 6.09. The van der Waals surface area contributed by atoms with E-state index in [4.69, 9.17) is 5.73 Å². The van der Waals surface area contributed by atoms with Gasteiger partial charge >= 0.3 is 0 Å². The van der Waals surface area contributed by atoms with Crippen LogP contribution in [0.25, 0.3) is 32.9 Å². The molecule has 0 radical (unpaired) electrons. The lowest BCUT2D eigenvalue weighted by Crippen LogP contribution is -3.00. The van der Waals surface area contributed by atoms with Crippen molar-refractivity contribution in [1.29, 1.82) is 0 Å². The summed E-state index contributed by atoms with van der Waals surface area (Å²) < 4.78 is 2.17. The minimum Gasteiger partial charge on any atom is -1.00 e. The molecule has 0 bridgehead atoms. The molecule has 0 atom stereocenters. The summed E-state index contributed by atoms with van der Waals surface area (Å²) in [6, 6.07) is 21.7. The van der Waals surface area contributed by atoms with Crippen molar-refractivity contribution < 1.29 is 22.1 Å². The van der Waals surface area contributed by atoms with Gasteiger partial charge in [0, 0.05) is 22.7 Å². The second-order valence-electron chi connectivity index (χ2n) is 5.78. The molecule has 1 heterocycles. The van der Waals surface area contributed by atoms with Crippen LogP contribution in [-0.4, -0.2) is 5.11 Å². The first-order chi connectivity index (χ1) is 11.1. The van der Waals surface area contributed by atoms with E-state index in [1.54, 1.807) is 6.07 Å². The average molecular weight is 337 g/mol. The van der Waals surface area contributed by atoms with Gasteiger partial charge in [0.05, 0.1) is 10.8 Å².